The summed E-state index contributed by atoms with van der Waals surface area (Å²) in [6.45, 7) is 4.10. The van der Waals surface area contributed by atoms with E-state index in [-0.39, 0.29) is 5.91 Å². The third kappa shape index (κ3) is 3.56. The molecule has 132 valence electrons. The summed E-state index contributed by atoms with van der Waals surface area (Å²) in [4.78, 5) is 18.3. The third-order valence-corrected chi connectivity index (χ3v) is 5.80. The van der Waals surface area contributed by atoms with Crippen LogP contribution in [0.15, 0.2) is 42.5 Å². The minimum Gasteiger partial charge on any atom is -0.326 e. The summed E-state index contributed by atoms with van der Waals surface area (Å²) in [7, 11) is 0. The number of nitrogens with zero attached hydrogens (tertiary/aromatic N) is 1. The van der Waals surface area contributed by atoms with Gasteiger partial charge in [-0.3, -0.25) is 4.79 Å². The second-order valence-electron chi connectivity index (χ2n) is 6.94. The number of carbonyl (C=O) groups excluding carboxylic acids is 1. The fraction of sp³-hybridized carbons (Fsp3) is 0.273. The summed E-state index contributed by atoms with van der Waals surface area (Å²) in [5.74, 6) is -0.0233. The number of rotatable bonds is 4. The lowest BCUT2D eigenvalue weighted by Gasteiger charge is -2.05. The summed E-state index contributed by atoms with van der Waals surface area (Å²) in [5, 5.41) is 3.83. The zero-order valence-electron chi connectivity index (χ0n) is 15.1. The molecule has 0 bridgehead atoms. The van der Waals surface area contributed by atoms with E-state index in [0.717, 1.165) is 28.4 Å². The Hall–Kier alpha value is -2.46. The number of anilines is 1. The molecule has 0 saturated heterocycles. The van der Waals surface area contributed by atoms with Crippen molar-refractivity contribution < 1.29 is 4.79 Å². The predicted octanol–water partition coefficient (Wildman–Crippen LogP) is 5.10. The molecule has 26 heavy (non-hydrogen) atoms. The molecule has 0 unspecified atom stereocenters. The molecule has 3 nitrogen and oxygen atoms in total. The molecule has 0 atom stereocenters. The quantitative estimate of drug-likeness (QED) is 0.702. The van der Waals surface area contributed by atoms with E-state index in [9.17, 15) is 4.79 Å². The van der Waals surface area contributed by atoms with Gasteiger partial charge in [-0.25, -0.2) is 4.98 Å². The van der Waals surface area contributed by atoms with Crippen molar-refractivity contribution in [2.24, 2.45) is 0 Å². The molecule has 1 aliphatic rings. The molecule has 0 radical (unpaired) electrons. The molecule has 0 saturated carbocycles. The average Bonchev–Trinajstić information content (AvgIpc) is 3.20. The van der Waals surface area contributed by atoms with E-state index >= 15 is 0 Å². The molecule has 4 rings (SSSR count). The summed E-state index contributed by atoms with van der Waals surface area (Å²) in [6.07, 6.45) is 3.91. The topological polar surface area (TPSA) is 42.0 Å². The minimum absolute atomic E-state index is 0.0233. The number of hydrogen-bond donors (Lipinski definition) is 1. The maximum atomic E-state index is 12.4. The van der Waals surface area contributed by atoms with Crippen LogP contribution >= 0.6 is 11.3 Å². The Kier molecular flexibility index (Phi) is 4.60. The van der Waals surface area contributed by atoms with Gasteiger partial charge in [-0.2, -0.15) is 0 Å². The summed E-state index contributed by atoms with van der Waals surface area (Å²) < 4.78 is 0. The van der Waals surface area contributed by atoms with E-state index in [4.69, 9.17) is 4.98 Å². The van der Waals surface area contributed by atoms with Crippen molar-refractivity contribution in [3.8, 4) is 11.3 Å². The van der Waals surface area contributed by atoms with Gasteiger partial charge in [-0.1, -0.05) is 24.3 Å². The van der Waals surface area contributed by atoms with Crippen LogP contribution in [0.3, 0.4) is 0 Å². The third-order valence-electron chi connectivity index (χ3n) is 4.83. The largest absolute Gasteiger partial charge is 0.326 e. The molecule has 4 heteroatoms. The number of hydrogen-bond acceptors (Lipinski definition) is 3. The predicted molar refractivity (Wildman–Crippen MR) is 108 cm³/mol. The van der Waals surface area contributed by atoms with Crippen molar-refractivity contribution in [1.82, 2.24) is 4.98 Å². The van der Waals surface area contributed by atoms with E-state index in [1.54, 1.807) is 11.3 Å². The monoisotopic (exact) mass is 362 g/mol. The van der Waals surface area contributed by atoms with Crippen LogP contribution in [0.4, 0.5) is 5.69 Å². The van der Waals surface area contributed by atoms with Crippen LogP contribution in [0.2, 0.25) is 0 Å². The number of nitrogens with one attached hydrogen (secondary N) is 1. The van der Waals surface area contributed by atoms with Gasteiger partial charge in [0.25, 0.3) is 0 Å². The molecule has 1 aliphatic carbocycles. The van der Waals surface area contributed by atoms with Gasteiger partial charge in [0.05, 0.1) is 12.1 Å². The van der Waals surface area contributed by atoms with Gasteiger partial charge in [0.2, 0.25) is 5.91 Å². The Balaban J connectivity index is 1.50. The van der Waals surface area contributed by atoms with Crippen molar-refractivity contribution in [2.45, 2.75) is 39.5 Å². The molecule has 1 aromatic heterocycles. The van der Waals surface area contributed by atoms with Gasteiger partial charge in [0.15, 0.2) is 0 Å². The van der Waals surface area contributed by atoms with Gasteiger partial charge in [-0.05, 0) is 68.0 Å². The number of aryl methyl sites for hydroxylation is 4. The summed E-state index contributed by atoms with van der Waals surface area (Å²) >= 11 is 1.61. The maximum Gasteiger partial charge on any atom is 0.231 e. The number of benzene rings is 2. The van der Waals surface area contributed by atoms with Gasteiger partial charge >= 0.3 is 0 Å². The standard InChI is InChI=1S/C22H22N2OS/c1-14-5-3-8-19(11-14)23-20(25)13-21-24-22(15(2)26-21)18-10-9-16-6-4-7-17(16)12-18/h3,5,8-12H,4,6-7,13H2,1-2H3,(H,23,25). The molecular weight excluding hydrogens is 340 g/mol. The first-order valence-corrected chi connectivity index (χ1v) is 9.85. The molecular formula is C22H22N2OS. The van der Waals surface area contributed by atoms with Crippen LogP contribution < -0.4 is 5.32 Å². The lowest BCUT2D eigenvalue weighted by Crippen LogP contribution is -2.14. The maximum absolute atomic E-state index is 12.4. The van der Waals surface area contributed by atoms with Gasteiger partial charge in [0, 0.05) is 16.1 Å². The highest BCUT2D eigenvalue weighted by Crippen LogP contribution is 2.32. The first-order chi connectivity index (χ1) is 12.6. The highest BCUT2D eigenvalue weighted by molar-refractivity contribution is 7.12. The fourth-order valence-electron chi connectivity index (χ4n) is 3.58. The molecule has 0 aliphatic heterocycles. The molecule has 3 aromatic rings. The van der Waals surface area contributed by atoms with Crippen molar-refractivity contribution in [3.05, 3.63) is 69.0 Å². The number of fused-ring (bicyclic) bond motifs is 1. The summed E-state index contributed by atoms with van der Waals surface area (Å²) in [5.41, 5.74) is 7.08. The minimum atomic E-state index is -0.0233. The van der Waals surface area contributed by atoms with Gasteiger partial charge in [-0.15, -0.1) is 11.3 Å². The highest BCUT2D eigenvalue weighted by Gasteiger charge is 2.16. The second-order valence-corrected chi connectivity index (χ2v) is 8.23. The second kappa shape index (κ2) is 7.04. The SMILES string of the molecule is Cc1cccc(NC(=O)Cc2nc(-c3ccc4c(c3)CCC4)c(C)s2)c1. The lowest BCUT2D eigenvalue weighted by molar-refractivity contribution is -0.115. The highest BCUT2D eigenvalue weighted by atomic mass is 32.1. The van der Waals surface area contributed by atoms with Crippen LogP contribution in [-0.4, -0.2) is 10.9 Å². The Morgan fingerprint density at radius 2 is 1.96 bits per heavy atom. The first-order valence-electron chi connectivity index (χ1n) is 9.03. The van der Waals surface area contributed by atoms with Crippen molar-refractivity contribution in [3.63, 3.8) is 0 Å². The van der Waals surface area contributed by atoms with E-state index in [1.807, 2.05) is 31.2 Å². The fourth-order valence-corrected chi connectivity index (χ4v) is 4.53. The summed E-state index contributed by atoms with van der Waals surface area (Å²) in [6, 6.07) is 14.5. The van der Waals surface area contributed by atoms with Crippen LogP contribution in [0.5, 0.6) is 0 Å². The zero-order chi connectivity index (χ0) is 18.1. The molecule has 1 N–H and O–H groups in total. The van der Waals surface area contributed by atoms with E-state index < -0.39 is 0 Å². The molecule has 2 aromatic carbocycles. The molecule has 1 amide bonds. The molecule has 1 heterocycles. The van der Waals surface area contributed by atoms with E-state index in [0.29, 0.717) is 6.42 Å². The number of aromatic nitrogens is 1. The Bertz CT molecular complexity index is 974. The Morgan fingerprint density at radius 3 is 2.81 bits per heavy atom. The van der Waals surface area contributed by atoms with Gasteiger partial charge in [0.1, 0.15) is 5.01 Å². The van der Waals surface area contributed by atoms with Crippen LogP contribution in [0.1, 0.15) is 33.0 Å². The molecule has 0 spiro atoms. The zero-order valence-corrected chi connectivity index (χ0v) is 16.0. The number of amides is 1. The smallest absolute Gasteiger partial charge is 0.231 e. The van der Waals surface area contributed by atoms with Gasteiger partial charge < -0.3 is 5.32 Å². The van der Waals surface area contributed by atoms with E-state index in [1.165, 1.54) is 34.4 Å². The first kappa shape index (κ1) is 17.0. The van der Waals surface area contributed by atoms with Crippen molar-refractivity contribution in [1.29, 1.82) is 0 Å². The van der Waals surface area contributed by atoms with Crippen LogP contribution in [0, 0.1) is 13.8 Å². The van der Waals surface area contributed by atoms with E-state index in [2.05, 4.69) is 30.4 Å². The van der Waals surface area contributed by atoms with Crippen molar-refractivity contribution in [2.75, 3.05) is 5.32 Å². The number of carbonyl (C=O) groups is 1. The van der Waals surface area contributed by atoms with Crippen LogP contribution in [-0.2, 0) is 24.1 Å². The normalized spacial score (nSPS) is 12.8. The van der Waals surface area contributed by atoms with Crippen molar-refractivity contribution >= 4 is 22.9 Å². The Morgan fingerprint density at radius 1 is 1.12 bits per heavy atom. The molecule has 0 fully saturated rings. The lowest BCUT2D eigenvalue weighted by atomic mass is 10.0. The van der Waals surface area contributed by atoms with Crippen LogP contribution in [0.25, 0.3) is 11.3 Å². The average molecular weight is 362 g/mol. The number of thiazole rings is 1. The Labute approximate surface area is 158 Å².